The average Bonchev–Trinajstić information content (AvgIpc) is 3.13. The van der Waals surface area contributed by atoms with Gasteiger partial charge in [0.1, 0.15) is 5.69 Å². The van der Waals surface area contributed by atoms with Crippen molar-refractivity contribution >= 4 is 33.5 Å². The van der Waals surface area contributed by atoms with E-state index in [1.165, 1.54) is 23.0 Å². The summed E-state index contributed by atoms with van der Waals surface area (Å²) >= 11 is 5.82. The molecule has 1 spiro atoms. The Labute approximate surface area is 198 Å². The third-order valence-corrected chi connectivity index (χ3v) is 9.38. The van der Waals surface area contributed by atoms with Crippen molar-refractivity contribution in [2.24, 2.45) is 0 Å². The van der Waals surface area contributed by atoms with Gasteiger partial charge in [-0.1, -0.05) is 11.6 Å². The summed E-state index contributed by atoms with van der Waals surface area (Å²) in [6, 6.07) is 4.16. The van der Waals surface area contributed by atoms with Crippen LogP contribution in [0.15, 0.2) is 30.6 Å². The number of aromatic nitrogens is 4. The van der Waals surface area contributed by atoms with Crippen LogP contribution >= 0.6 is 21.9 Å². The van der Waals surface area contributed by atoms with E-state index >= 15 is 0 Å². The first-order valence-electron chi connectivity index (χ1n) is 10.1. The fraction of sp³-hybridized carbons (Fsp3) is 0.400. The van der Waals surface area contributed by atoms with Crippen molar-refractivity contribution in [3.63, 3.8) is 0 Å². The minimum Gasteiger partial charge on any atom is -0.478 e. The fourth-order valence-corrected chi connectivity index (χ4v) is 7.57. The molecule has 9 nitrogen and oxygen atoms in total. The smallest absolute Gasteiger partial charge is 0.422 e. The van der Waals surface area contributed by atoms with Crippen molar-refractivity contribution in [2.75, 3.05) is 30.5 Å². The zero-order chi connectivity index (χ0) is 24.1. The standard InChI is InChI=1S/C20H19ClF3N5O4S/c1-19(10-34(11-19)5-4-32-34)27-17(30)13-8-29-15(26-13)2-3-16(28-29)33-18-14(6-12(21)7-25-18)31-9-20(22,23)24/h2-3,6-8H,4-5,9-11H2,1H3,(H,27,30). The molecule has 34 heavy (non-hydrogen) atoms. The molecule has 0 radical (unpaired) electrons. The van der Waals surface area contributed by atoms with Crippen LogP contribution < -0.4 is 14.8 Å². The molecule has 0 atom stereocenters. The summed E-state index contributed by atoms with van der Waals surface area (Å²) in [7, 11) is -0.966. The van der Waals surface area contributed by atoms with Crippen LogP contribution in [0.25, 0.3) is 5.65 Å². The molecular formula is C20H19ClF3N5O4S. The average molecular weight is 518 g/mol. The van der Waals surface area contributed by atoms with E-state index in [1.54, 1.807) is 6.07 Å². The maximum absolute atomic E-state index is 12.7. The lowest BCUT2D eigenvalue weighted by Gasteiger charge is -2.62. The van der Waals surface area contributed by atoms with Crippen LogP contribution in [0.4, 0.5) is 13.2 Å². The molecule has 5 rings (SSSR count). The quantitative estimate of drug-likeness (QED) is 0.531. The van der Waals surface area contributed by atoms with Crippen LogP contribution in [0.2, 0.25) is 5.02 Å². The number of pyridine rings is 1. The van der Waals surface area contributed by atoms with Crippen LogP contribution in [0.3, 0.4) is 0 Å². The molecule has 2 aliphatic heterocycles. The fourth-order valence-electron chi connectivity index (χ4n) is 3.95. The lowest BCUT2D eigenvalue weighted by atomic mass is 10.1. The third-order valence-electron chi connectivity index (χ3n) is 5.27. The number of imidazole rings is 1. The van der Waals surface area contributed by atoms with Gasteiger partial charge in [0.15, 0.2) is 18.0 Å². The first-order valence-corrected chi connectivity index (χ1v) is 12.6. The second kappa shape index (κ2) is 8.17. The number of nitrogens with one attached hydrogen (secondary N) is 1. The predicted octanol–water partition coefficient (Wildman–Crippen LogP) is 3.76. The van der Waals surface area contributed by atoms with Crippen molar-refractivity contribution in [3.8, 4) is 17.5 Å². The van der Waals surface area contributed by atoms with Gasteiger partial charge in [-0.15, -0.1) is 15.4 Å². The Morgan fingerprint density at radius 2 is 2.15 bits per heavy atom. The SMILES string of the molecule is CC1(NC(=O)c2cn3nc(Oc4ncc(Cl)cc4OCC(F)(F)F)ccc3n2)CS2(CCO2)C1. The van der Waals surface area contributed by atoms with Gasteiger partial charge in [0.25, 0.3) is 11.8 Å². The summed E-state index contributed by atoms with van der Waals surface area (Å²) in [4.78, 5) is 20.9. The Balaban J connectivity index is 1.30. The summed E-state index contributed by atoms with van der Waals surface area (Å²) in [6.07, 6.45) is -1.90. The highest BCUT2D eigenvalue weighted by Gasteiger charge is 2.53. The van der Waals surface area contributed by atoms with Crippen LogP contribution in [-0.4, -0.2) is 67.7 Å². The van der Waals surface area contributed by atoms with E-state index in [4.69, 9.17) is 25.3 Å². The van der Waals surface area contributed by atoms with Gasteiger partial charge in [-0.2, -0.15) is 13.2 Å². The number of alkyl halides is 3. The summed E-state index contributed by atoms with van der Waals surface area (Å²) in [5.41, 5.74) is 0.241. The van der Waals surface area contributed by atoms with Crippen molar-refractivity contribution in [3.05, 3.63) is 41.3 Å². The van der Waals surface area contributed by atoms with Crippen LogP contribution in [0, 0.1) is 0 Å². The van der Waals surface area contributed by atoms with Gasteiger partial charge in [-0.05, 0) is 13.0 Å². The monoisotopic (exact) mass is 517 g/mol. The van der Waals surface area contributed by atoms with Gasteiger partial charge in [-0.3, -0.25) is 4.79 Å². The van der Waals surface area contributed by atoms with E-state index in [0.29, 0.717) is 5.65 Å². The number of carbonyl (C=O) groups excluding carboxylic acids is 1. The number of carbonyl (C=O) groups is 1. The minimum absolute atomic E-state index is 0.00201. The molecule has 0 saturated carbocycles. The molecule has 0 aliphatic carbocycles. The van der Waals surface area contributed by atoms with Gasteiger partial charge in [-0.25, -0.2) is 14.5 Å². The lowest BCUT2D eigenvalue weighted by molar-refractivity contribution is -0.153. The molecule has 0 aromatic carbocycles. The molecule has 1 N–H and O–H groups in total. The molecule has 1 amide bonds. The maximum atomic E-state index is 12.7. The molecule has 3 aromatic heterocycles. The molecule has 14 heteroatoms. The summed E-state index contributed by atoms with van der Waals surface area (Å²) in [5, 5.41) is 7.31. The lowest BCUT2D eigenvalue weighted by Crippen LogP contribution is -2.64. The Morgan fingerprint density at radius 3 is 2.82 bits per heavy atom. The molecule has 182 valence electrons. The Bertz CT molecular complexity index is 1260. The van der Waals surface area contributed by atoms with Gasteiger partial charge in [0, 0.05) is 35.6 Å². The largest absolute Gasteiger partial charge is 0.478 e. The molecule has 3 aromatic rings. The molecule has 0 unspecified atom stereocenters. The first kappa shape index (κ1) is 23.0. The van der Waals surface area contributed by atoms with Gasteiger partial charge < -0.3 is 19.0 Å². The maximum Gasteiger partial charge on any atom is 0.422 e. The normalized spacial score (nSPS) is 25.8. The van der Waals surface area contributed by atoms with Crippen molar-refractivity contribution in [2.45, 2.75) is 18.6 Å². The molecular weight excluding hydrogens is 499 g/mol. The molecule has 2 aliphatic rings. The van der Waals surface area contributed by atoms with E-state index in [9.17, 15) is 18.0 Å². The van der Waals surface area contributed by atoms with E-state index in [1.807, 2.05) is 6.92 Å². The van der Waals surface area contributed by atoms with Gasteiger partial charge in [0.2, 0.25) is 5.88 Å². The Kier molecular flexibility index (Phi) is 5.52. The van der Waals surface area contributed by atoms with E-state index in [2.05, 4.69) is 20.4 Å². The number of halogens is 4. The number of amides is 1. The first-order chi connectivity index (χ1) is 16.0. The third kappa shape index (κ3) is 4.72. The second-order valence-corrected chi connectivity index (χ2v) is 11.9. The summed E-state index contributed by atoms with van der Waals surface area (Å²) in [6.45, 7) is 1.25. The molecule has 2 fully saturated rings. The predicted molar refractivity (Wildman–Crippen MR) is 118 cm³/mol. The summed E-state index contributed by atoms with van der Waals surface area (Å²) in [5.74, 6) is 1.90. The Morgan fingerprint density at radius 1 is 1.38 bits per heavy atom. The Hall–Kier alpha value is -2.77. The second-order valence-electron chi connectivity index (χ2n) is 8.36. The van der Waals surface area contributed by atoms with E-state index in [-0.39, 0.29) is 39.7 Å². The van der Waals surface area contributed by atoms with Crippen molar-refractivity contribution < 1.29 is 31.6 Å². The number of nitrogens with zero attached hydrogens (tertiary/aromatic N) is 4. The number of rotatable bonds is 6. The number of hydrogen-bond donors (Lipinski definition) is 1. The number of ether oxygens (including phenoxy) is 2. The van der Waals surface area contributed by atoms with Crippen molar-refractivity contribution in [1.82, 2.24) is 24.9 Å². The molecule has 2 saturated heterocycles. The molecule has 0 bridgehead atoms. The summed E-state index contributed by atoms with van der Waals surface area (Å²) < 4.78 is 55.0. The minimum atomic E-state index is -4.55. The van der Waals surface area contributed by atoms with Crippen LogP contribution in [-0.2, 0) is 4.18 Å². The highest BCUT2D eigenvalue weighted by molar-refractivity contribution is 8.32. The molecule has 5 heterocycles. The topological polar surface area (TPSA) is 99.9 Å². The zero-order valence-corrected chi connectivity index (χ0v) is 19.3. The van der Waals surface area contributed by atoms with Crippen LogP contribution in [0.5, 0.6) is 17.5 Å². The highest BCUT2D eigenvalue weighted by Crippen LogP contribution is 2.66. The van der Waals surface area contributed by atoms with Gasteiger partial charge >= 0.3 is 6.18 Å². The van der Waals surface area contributed by atoms with E-state index < -0.39 is 23.1 Å². The van der Waals surface area contributed by atoms with Crippen molar-refractivity contribution in [1.29, 1.82) is 0 Å². The van der Waals surface area contributed by atoms with E-state index in [0.717, 1.165) is 29.9 Å². The number of hydrogen-bond acceptors (Lipinski definition) is 7. The highest BCUT2D eigenvalue weighted by atomic mass is 35.5. The number of fused-ring (bicyclic) bond motifs is 1. The van der Waals surface area contributed by atoms with Crippen LogP contribution in [0.1, 0.15) is 17.4 Å². The van der Waals surface area contributed by atoms with Gasteiger partial charge in [0.05, 0.1) is 23.4 Å². The zero-order valence-electron chi connectivity index (χ0n) is 17.8.